The number of carbonyl (C=O) groups is 1. The molecule has 1 aromatic heterocycles. The van der Waals surface area contributed by atoms with E-state index in [1.807, 2.05) is 37.0 Å². The van der Waals surface area contributed by atoms with Gasteiger partial charge in [-0.3, -0.25) is 4.79 Å². The van der Waals surface area contributed by atoms with E-state index in [0.29, 0.717) is 12.2 Å². The molecule has 1 aliphatic rings. The van der Waals surface area contributed by atoms with Crippen LogP contribution < -0.4 is 5.32 Å². The fourth-order valence-electron chi connectivity index (χ4n) is 2.00. The van der Waals surface area contributed by atoms with Crippen molar-refractivity contribution in [1.29, 1.82) is 0 Å². The highest BCUT2D eigenvalue weighted by Gasteiger charge is 2.20. The van der Waals surface area contributed by atoms with Gasteiger partial charge in [0.15, 0.2) is 0 Å². The molecule has 0 saturated carbocycles. The first-order valence-corrected chi connectivity index (χ1v) is 5.87. The quantitative estimate of drug-likeness (QED) is 0.810. The van der Waals surface area contributed by atoms with Gasteiger partial charge in [-0.25, -0.2) is 0 Å². The van der Waals surface area contributed by atoms with Crippen LogP contribution in [0.4, 0.5) is 0 Å². The zero-order valence-corrected chi connectivity index (χ0v) is 10.3. The van der Waals surface area contributed by atoms with Gasteiger partial charge in [0.25, 0.3) is 5.91 Å². The molecule has 1 N–H and O–H groups in total. The molecule has 1 aromatic rings. The molecule has 2 rings (SSSR count). The van der Waals surface area contributed by atoms with Gasteiger partial charge < -0.3 is 19.5 Å². The van der Waals surface area contributed by atoms with E-state index in [9.17, 15) is 4.79 Å². The van der Waals surface area contributed by atoms with Crippen molar-refractivity contribution in [2.24, 2.45) is 7.05 Å². The van der Waals surface area contributed by atoms with Crippen molar-refractivity contribution < 1.29 is 9.53 Å². The molecule has 1 saturated heterocycles. The summed E-state index contributed by atoms with van der Waals surface area (Å²) in [4.78, 5) is 13.8. The second kappa shape index (κ2) is 5.33. The number of carbonyl (C=O) groups excluding carboxylic acids is 1. The Morgan fingerprint density at radius 2 is 2.53 bits per heavy atom. The Morgan fingerprint density at radius 3 is 3.12 bits per heavy atom. The van der Waals surface area contributed by atoms with E-state index in [4.69, 9.17) is 4.74 Å². The van der Waals surface area contributed by atoms with Gasteiger partial charge in [-0.2, -0.15) is 0 Å². The molecule has 5 heteroatoms. The Balaban J connectivity index is 1.93. The SMILES string of the molecule is CN(CC1CNCCO1)C(=O)c1cccn1C. The second-order valence-corrected chi connectivity index (χ2v) is 4.39. The molecule has 5 nitrogen and oxygen atoms in total. The number of nitrogens with one attached hydrogen (secondary N) is 1. The number of hydrogen-bond acceptors (Lipinski definition) is 3. The lowest BCUT2D eigenvalue weighted by molar-refractivity contribution is 0.0102. The van der Waals surface area contributed by atoms with Crippen molar-refractivity contribution in [3.63, 3.8) is 0 Å². The lowest BCUT2D eigenvalue weighted by Crippen LogP contribution is -2.45. The maximum Gasteiger partial charge on any atom is 0.270 e. The van der Waals surface area contributed by atoms with Crippen molar-refractivity contribution >= 4 is 5.91 Å². The molecule has 1 aliphatic heterocycles. The van der Waals surface area contributed by atoms with Crippen molar-refractivity contribution in [3.05, 3.63) is 24.0 Å². The Labute approximate surface area is 101 Å². The maximum atomic E-state index is 12.1. The third kappa shape index (κ3) is 2.87. The Kier molecular flexibility index (Phi) is 3.81. The largest absolute Gasteiger partial charge is 0.374 e. The predicted molar refractivity (Wildman–Crippen MR) is 65.0 cm³/mol. The predicted octanol–water partition coefficient (Wildman–Crippen LogP) is 0.0855. The smallest absolute Gasteiger partial charge is 0.270 e. The van der Waals surface area contributed by atoms with Gasteiger partial charge in [-0.1, -0.05) is 0 Å². The highest BCUT2D eigenvalue weighted by molar-refractivity contribution is 5.92. The molecule has 94 valence electrons. The Morgan fingerprint density at radius 1 is 1.71 bits per heavy atom. The molecule has 17 heavy (non-hydrogen) atoms. The molecule has 0 radical (unpaired) electrons. The van der Waals surface area contributed by atoms with E-state index in [0.717, 1.165) is 19.7 Å². The number of ether oxygens (including phenoxy) is 1. The van der Waals surface area contributed by atoms with Gasteiger partial charge in [0.05, 0.1) is 12.7 Å². The van der Waals surface area contributed by atoms with Crippen molar-refractivity contribution in [2.45, 2.75) is 6.10 Å². The second-order valence-electron chi connectivity index (χ2n) is 4.39. The van der Waals surface area contributed by atoms with Crippen molar-refractivity contribution in [3.8, 4) is 0 Å². The minimum Gasteiger partial charge on any atom is -0.374 e. The van der Waals surface area contributed by atoms with Crippen molar-refractivity contribution in [2.75, 3.05) is 33.3 Å². The zero-order chi connectivity index (χ0) is 12.3. The average molecular weight is 237 g/mol. The Bertz CT molecular complexity index is 383. The summed E-state index contributed by atoms with van der Waals surface area (Å²) >= 11 is 0. The number of rotatable bonds is 3. The van der Waals surface area contributed by atoms with Gasteiger partial charge in [0.2, 0.25) is 0 Å². The molecule has 1 atom stereocenters. The number of nitrogens with zero attached hydrogens (tertiary/aromatic N) is 2. The van der Waals surface area contributed by atoms with Gasteiger partial charge in [-0.15, -0.1) is 0 Å². The van der Waals surface area contributed by atoms with Crippen LogP contribution in [0, 0.1) is 0 Å². The monoisotopic (exact) mass is 237 g/mol. The summed E-state index contributed by atoms with van der Waals surface area (Å²) < 4.78 is 7.42. The van der Waals surface area contributed by atoms with Crippen LogP contribution in [0.15, 0.2) is 18.3 Å². The van der Waals surface area contributed by atoms with Gasteiger partial charge in [0, 0.05) is 39.9 Å². The summed E-state index contributed by atoms with van der Waals surface area (Å²) in [5.41, 5.74) is 0.705. The molecule has 0 bridgehead atoms. The number of morpholine rings is 1. The van der Waals surface area contributed by atoms with Crippen LogP contribution in [-0.2, 0) is 11.8 Å². The molecular formula is C12H19N3O2. The van der Waals surface area contributed by atoms with E-state index < -0.39 is 0 Å². The summed E-state index contributed by atoms with van der Waals surface area (Å²) in [5.74, 6) is 0.0340. The van der Waals surface area contributed by atoms with Gasteiger partial charge in [0.1, 0.15) is 5.69 Å². The fourth-order valence-corrected chi connectivity index (χ4v) is 2.00. The third-order valence-electron chi connectivity index (χ3n) is 2.99. The van der Waals surface area contributed by atoms with E-state index in [2.05, 4.69) is 5.32 Å². The van der Waals surface area contributed by atoms with Crippen LogP contribution in [0.1, 0.15) is 10.5 Å². The van der Waals surface area contributed by atoms with Crippen LogP contribution in [0.3, 0.4) is 0 Å². The van der Waals surface area contributed by atoms with E-state index >= 15 is 0 Å². The number of hydrogen-bond donors (Lipinski definition) is 1. The highest BCUT2D eigenvalue weighted by Crippen LogP contribution is 2.06. The van der Waals surface area contributed by atoms with Crippen LogP contribution >= 0.6 is 0 Å². The van der Waals surface area contributed by atoms with E-state index in [1.54, 1.807) is 4.90 Å². The Hall–Kier alpha value is -1.33. The lowest BCUT2D eigenvalue weighted by Gasteiger charge is -2.28. The molecule has 0 spiro atoms. The molecule has 1 unspecified atom stereocenters. The summed E-state index contributed by atoms with van der Waals surface area (Å²) in [6.07, 6.45) is 1.97. The molecule has 2 heterocycles. The first kappa shape index (κ1) is 12.1. The standard InChI is InChI=1S/C12H19N3O2/c1-14-6-3-4-11(14)12(16)15(2)9-10-8-13-5-7-17-10/h3-4,6,10,13H,5,7-9H2,1-2H3. The van der Waals surface area contributed by atoms with Gasteiger partial charge in [-0.05, 0) is 12.1 Å². The summed E-state index contributed by atoms with van der Waals surface area (Å²) in [5, 5.41) is 3.26. The topological polar surface area (TPSA) is 46.5 Å². The maximum absolute atomic E-state index is 12.1. The molecule has 0 aromatic carbocycles. The highest BCUT2D eigenvalue weighted by atomic mass is 16.5. The van der Waals surface area contributed by atoms with E-state index in [1.165, 1.54) is 0 Å². The summed E-state index contributed by atoms with van der Waals surface area (Å²) in [6, 6.07) is 3.71. The number of amides is 1. The fraction of sp³-hybridized carbons (Fsp3) is 0.583. The minimum absolute atomic E-state index is 0.0340. The molecule has 0 aliphatic carbocycles. The summed E-state index contributed by atoms with van der Waals surface area (Å²) in [6.45, 7) is 3.05. The number of likely N-dealkylation sites (N-methyl/N-ethyl adjacent to an activating group) is 1. The van der Waals surface area contributed by atoms with Crippen LogP contribution in [-0.4, -0.2) is 54.8 Å². The third-order valence-corrected chi connectivity index (χ3v) is 2.99. The van der Waals surface area contributed by atoms with Gasteiger partial charge >= 0.3 is 0 Å². The van der Waals surface area contributed by atoms with Crippen LogP contribution in [0.5, 0.6) is 0 Å². The number of aryl methyl sites for hydroxylation is 1. The van der Waals surface area contributed by atoms with Crippen LogP contribution in [0.2, 0.25) is 0 Å². The molecule has 1 amide bonds. The average Bonchev–Trinajstić information content (AvgIpc) is 2.76. The molecular weight excluding hydrogens is 218 g/mol. The molecule has 1 fully saturated rings. The minimum atomic E-state index is 0.0340. The van der Waals surface area contributed by atoms with E-state index in [-0.39, 0.29) is 12.0 Å². The zero-order valence-electron chi connectivity index (χ0n) is 10.3. The normalized spacial score (nSPS) is 20.2. The van der Waals surface area contributed by atoms with Crippen molar-refractivity contribution in [1.82, 2.24) is 14.8 Å². The first-order chi connectivity index (χ1) is 8.18. The number of aromatic nitrogens is 1. The first-order valence-electron chi connectivity index (χ1n) is 5.87. The van der Waals surface area contributed by atoms with Crippen LogP contribution in [0.25, 0.3) is 0 Å². The summed E-state index contributed by atoms with van der Waals surface area (Å²) in [7, 11) is 3.69. The lowest BCUT2D eigenvalue weighted by atomic mass is 10.2.